The molecule has 196 valence electrons. The SMILES string of the molecule is CC[C@@H]1C[C@@H](N(C)c2nc(Nc3cc(C)[nH]n3)cc(OC3COC3)n2)C[C@H](CC)N1C(=O)CC1CC1. The summed E-state index contributed by atoms with van der Waals surface area (Å²) in [5, 5.41) is 10.5. The summed E-state index contributed by atoms with van der Waals surface area (Å²) in [5.74, 6) is 3.39. The molecule has 10 nitrogen and oxygen atoms in total. The molecule has 2 N–H and O–H groups in total. The monoisotopic (exact) mass is 497 g/mol. The van der Waals surface area contributed by atoms with Crippen LogP contribution < -0.4 is 15.0 Å². The molecular weight excluding hydrogens is 458 g/mol. The zero-order valence-electron chi connectivity index (χ0n) is 21.9. The topological polar surface area (TPSA) is 108 Å². The maximum absolute atomic E-state index is 13.2. The van der Waals surface area contributed by atoms with Gasteiger partial charge in [-0.1, -0.05) is 13.8 Å². The fourth-order valence-corrected chi connectivity index (χ4v) is 5.30. The van der Waals surface area contributed by atoms with Crippen LogP contribution in [0.1, 0.15) is 64.5 Å². The number of likely N-dealkylation sites (tertiary alicyclic amines) is 1. The molecule has 2 aromatic rings. The fourth-order valence-electron chi connectivity index (χ4n) is 5.30. The molecule has 0 bridgehead atoms. The van der Waals surface area contributed by atoms with E-state index in [0.717, 1.165) is 31.4 Å². The van der Waals surface area contributed by atoms with Gasteiger partial charge in [-0.2, -0.15) is 15.1 Å². The highest BCUT2D eigenvalue weighted by molar-refractivity contribution is 5.77. The summed E-state index contributed by atoms with van der Waals surface area (Å²) in [4.78, 5) is 27.2. The quantitative estimate of drug-likeness (QED) is 0.510. The van der Waals surface area contributed by atoms with Crippen LogP contribution in [0, 0.1) is 12.8 Å². The van der Waals surface area contributed by atoms with Crippen molar-refractivity contribution in [1.82, 2.24) is 25.1 Å². The molecule has 3 aliphatic rings. The highest BCUT2D eigenvalue weighted by Crippen LogP contribution is 2.37. The molecular formula is C26H39N7O3. The number of piperidine rings is 1. The van der Waals surface area contributed by atoms with Gasteiger partial charge in [-0.15, -0.1) is 0 Å². The number of nitrogens with one attached hydrogen (secondary N) is 2. The van der Waals surface area contributed by atoms with Crippen molar-refractivity contribution in [3.8, 4) is 5.88 Å². The number of aromatic nitrogens is 4. The molecule has 0 unspecified atom stereocenters. The number of amides is 1. The molecule has 3 fully saturated rings. The zero-order chi connectivity index (χ0) is 25.2. The maximum atomic E-state index is 13.2. The lowest BCUT2D eigenvalue weighted by atomic mass is 9.87. The standard InChI is InChI=1S/C26H39N7O3/c1-5-18-11-20(12-19(6-2)33(18)25(34)10-17-7-8-17)32(4)26-28-22(27-23-9-16(3)30-31-23)13-24(29-26)36-21-14-35-15-21/h9,13,17-21H,5-8,10-12,14-15H2,1-4H3,(H2,27,28,29,30,31)/t18-,19+,20-. The van der Waals surface area contributed by atoms with Crippen molar-refractivity contribution in [2.45, 2.75) is 89.9 Å². The second-order valence-corrected chi connectivity index (χ2v) is 10.5. The lowest BCUT2D eigenvalue weighted by Gasteiger charge is -2.47. The summed E-state index contributed by atoms with van der Waals surface area (Å²) >= 11 is 0. The van der Waals surface area contributed by atoms with Crippen LogP contribution >= 0.6 is 0 Å². The molecule has 1 aliphatic carbocycles. The molecule has 0 spiro atoms. The lowest BCUT2D eigenvalue weighted by molar-refractivity contribution is -0.139. The average molecular weight is 498 g/mol. The Labute approximate surface area is 213 Å². The highest BCUT2D eigenvalue weighted by atomic mass is 16.6. The number of carbonyl (C=O) groups is 1. The third-order valence-corrected chi connectivity index (χ3v) is 7.68. The van der Waals surface area contributed by atoms with Crippen molar-refractivity contribution >= 4 is 23.5 Å². The predicted octanol–water partition coefficient (Wildman–Crippen LogP) is 3.81. The molecule has 3 atom stereocenters. The van der Waals surface area contributed by atoms with E-state index in [1.165, 1.54) is 12.8 Å². The Hall–Kier alpha value is -2.88. The molecule has 5 rings (SSSR count). The minimum Gasteiger partial charge on any atom is -0.469 e. The first-order valence-corrected chi connectivity index (χ1v) is 13.4. The van der Waals surface area contributed by atoms with Crippen molar-refractivity contribution in [2.24, 2.45) is 5.92 Å². The van der Waals surface area contributed by atoms with E-state index >= 15 is 0 Å². The summed E-state index contributed by atoms with van der Waals surface area (Å²) in [7, 11) is 2.06. The largest absolute Gasteiger partial charge is 0.469 e. The van der Waals surface area contributed by atoms with E-state index < -0.39 is 0 Å². The third-order valence-electron chi connectivity index (χ3n) is 7.68. The van der Waals surface area contributed by atoms with Crippen LogP contribution in [0.25, 0.3) is 0 Å². The van der Waals surface area contributed by atoms with Crippen LogP contribution in [0.4, 0.5) is 17.6 Å². The normalized spacial score (nSPS) is 24.3. The van der Waals surface area contributed by atoms with Gasteiger partial charge in [0.25, 0.3) is 0 Å². The Bertz CT molecular complexity index is 1040. The first kappa shape index (κ1) is 24.8. The molecule has 0 radical (unpaired) electrons. The number of aryl methyl sites for hydroxylation is 1. The number of hydrogen-bond donors (Lipinski definition) is 2. The average Bonchev–Trinajstić information content (AvgIpc) is 3.58. The van der Waals surface area contributed by atoms with Crippen molar-refractivity contribution < 1.29 is 14.3 Å². The van der Waals surface area contributed by atoms with E-state index in [2.05, 4.69) is 46.2 Å². The second-order valence-electron chi connectivity index (χ2n) is 10.5. The van der Waals surface area contributed by atoms with Gasteiger partial charge in [0.1, 0.15) is 11.9 Å². The number of ether oxygens (including phenoxy) is 2. The van der Waals surface area contributed by atoms with Crippen molar-refractivity contribution in [1.29, 1.82) is 0 Å². The number of anilines is 3. The summed E-state index contributed by atoms with van der Waals surface area (Å²) in [6.07, 6.45) is 6.85. The smallest absolute Gasteiger partial charge is 0.230 e. The van der Waals surface area contributed by atoms with Crippen LogP contribution in [0.15, 0.2) is 12.1 Å². The van der Waals surface area contributed by atoms with E-state index in [1.807, 2.05) is 19.1 Å². The Kier molecular flexibility index (Phi) is 7.32. The van der Waals surface area contributed by atoms with Gasteiger partial charge in [0.15, 0.2) is 5.82 Å². The van der Waals surface area contributed by atoms with Gasteiger partial charge in [0.2, 0.25) is 17.7 Å². The molecule has 2 aromatic heterocycles. The molecule has 1 amide bonds. The lowest BCUT2D eigenvalue weighted by Crippen LogP contribution is -2.56. The van der Waals surface area contributed by atoms with Crippen LogP contribution in [0.3, 0.4) is 0 Å². The van der Waals surface area contributed by atoms with E-state index in [4.69, 9.17) is 19.4 Å². The van der Waals surface area contributed by atoms with Gasteiger partial charge < -0.3 is 24.6 Å². The van der Waals surface area contributed by atoms with Gasteiger partial charge in [0, 0.05) is 49.4 Å². The van der Waals surface area contributed by atoms with Crippen LogP contribution in [-0.2, 0) is 9.53 Å². The van der Waals surface area contributed by atoms with E-state index in [9.17, 15) is 4.79 Å². The van der Waals surface area contributed by atoms with Gasteiger partial charge in [-0.3, -0.25) is 9.89 Å². The number of aromatic amines is 1. The van der Waals surface area contributed by atoms with Crippen molar-refractivity contribution in [3.63, 3.8) is 0 Å². The highest BCUT2D eigenvalue weighted by Gasteiger charge is 2.40. The van der Waals surface area contributed by atoms with Gasteiger partial charge in [-0.25, -0.2) is 0 Å². The summed E-state index contributed by atoms with van der Waals surface area (Å²) in [5.41, 5.74) is 0.964. The van der Waals surface area contributed by atoms with Gasteiger partial charge >= 0.3 is 0 Å². The Morgan fingerprint density at radius 1 is 1.17 bits per heavy atom. The Morgan fingerprint density at radius 3 is 2.44 bits per heavy atom. The Balaban J connectivity index is 1.36. The molecule has 36 heavy (non-hydrogen) atoms. The van der Waals surface area contributed by atoms with Gasteiger partial charge in [0.05, 0.1) is 13.2 Å². The first-order valence-electron chi connectivity index (χ1n) is 13.4. The van der Waals surface area contributed by atoms with Crippen LogP contribution in [0.2, 0.25) is 0 Å². The molecule has 2 aliphatic heterocycles. The van der Waals surface area contributed by atoms with E-state index in [-0.39, 0.29) is 24.2 Å². The summed E-state index contributed by atoms with van der Waals surface area (Å²) in [6.45, 7) is 7.48. The number of hydrogen-bond acceptors (Lipinski definition) is 8. The second kappa shape index (κ2) is 10.6. The molecule has 2 saturated heterocycles. The molecule has 4 heterocycles. The van der Waals surface area contributed by atoms with Crippen LogP contribution in [0.5, 0.6) is 5.88 Å². The van der Waals surface area contributed by atoms with Gasteiger partial charge in [-0.05, 0) is 51.4 Å². The predicted molar refractivity (Wildman–Crippen MR) is 138 cm³/mol. The molecule has 1 saturated carbocycles. The summed E-state index contributed by atoms with van der Waals surface area (Å²) in [6, 6.07) is 4.44. The fraction of sp³-hybridized carbons (Fsp3) is 0.692. The van der Waals surface area contributed by atoms with E-state index in [0.29, 0.717) is 54.9 Å². The number of H-pyrrole nitrogens is 1. The van der Waals surface area contributed by atoms with Crippen molar-refractivity contribution in [2.75, 3.05) is 30.5 Å². The minimum absolute atomic E-state index is 0.00759. The number of rotatable bonds is 10. The molecule has 10 heteroatoms. The van der Waals surface area contributed by atoms with Crippen LogP contribution in [-0.4, -0.2) is 75.5 Å². The molecule has 0 aromatic carbocycles. The zero-order valence-corrected chi connectivity index (χ0v) is 21.9. The maximum Gasteiger partial charge on any atom is 0.230 e. The third kappa shape index (κ3) is 5.58. The number of nitrogens with zero attached hydrogens (tertiary/aromatic N) is 5. The Morgan fingerprint density at radius 2 is 1.89 bits per heavy atom. The minimum atomic E-state index is 0.00759. The summed E-state index contributed by atoms with van der Waals surface area (Å²) < 4.78 is 11.3. The number of carbonyl (C=O) groups excluding carboxylic acids is 1. The first-order chi connectivity index (χ1) is 17.4. The van der Waals surface area contributed by atoms with Crippen molar-refractivity contribution in [3.05, 3.63) is 17.8 Å². The van der Waals surface area contributed by atoms with E-state index in [1.54, 1.807) is 0 Å².